The SMILES string of the molecule is CC(C)(C)OC(=O)N1CCC(Nc2nc(-c3ccnc(NC4CCCCC4)c3)cc3cnccc23)C1. The fourth-order valence-electron chi connectivity index (χ4n) is 5.04. The third kappa shape index (κ3) is 5.86. The van der Waals surface area contributed by atoms with Crippen molar-refractivity contribution in [1.29, 1.82) is 0 Å². The van der Waals surface area contributed by atoms with Crippen LogP contribution in [0.25, 0.3) is 22.0 Å². The van der Waals surface area contributed by atoms with Crippen LogP contribution in [0.3, 0.4) is 0 Å². The average Bonchev–Trinajstić information content (AvgIpc) is 3.33. The molecule has 0 radical (unpaired) electrons. The van der Waals surface area contributed by atoms with Crippen molar-refractivity contribution < 1.29 is 9.53 Å². The molecular formula is C28H36N6O2. The minimum absolute atomic E-state index is 0.0950. The summed E-state index contributed by atoms with van der Waals surface area (Å²) in [6.45, 7) is 6.91. The van der Waals surface area contributed by atoms with E-state index >= 15 is 0 Å². The molecule has 1 saturated heterocycles. The summed E-state index contributed by atoms with van der Waals surface area (Å²) >= 11 is 0. The van der Waals surface area contributed by atoms with Crippen LogP contribution in [-0.2, 0) is 4.74 Å². The Kier molecular flexibility index (Phi) is 6.94. The van der Waals surface area contributed by atoms with E-state index in [2.05, 4.69) is 32.7 Å². The van der Waals surface area contributed by atoms with E-state index < -0.39 is 5.60 Å². The van der Waals surface area contributed by atoms with Gasteiger partial charge in [0, 0.05) is 60.1 Å². The van der Waals surface area contributed by atoms with Crippen molar-refractivity contribution in [3.63, 3.8) is 0 Å². The van der Waals surface area contributed by atoms with Crippen LogP contribution in [0.1, 0.15) is 59.3 Å². The second-order valence-corrected chi connectivity index (χ2v) is 10.9. The number of pyridine rings is 3. The maximum atomic E-state index is 12.5. The van der Waals surface area contributed by atoms with Gasteiger partial charge in [-0.25, -0.2) is 14.8 Å². The third-order valence-electron chi connectivity index (χ3n) is 6.83. The summed E-state index contributed by atoms with van der Waals surface area (Å²) in [6, 6.07) is 8.73. The Balaban J connectivity index is 1.36. The van der Waals surface area contributed by atoms with Crippen LogP contribution in [0.15, 0.2) is 42.9 Å². The lowest BCUT2D eigenvalue weighted by Crippen LogP contribution is -2.36. The van der Waals surface area contributed by atoms with Crippen molar-refractivity contribution >= 4 is 28.5 Å². The summed E-state index contributed by atoms with van der Waals surface area (Å²) in [7, 11) is 0. The second-order valence-electron chi connectivity index (χ2n) is 10.9. The van der Waals surface area contributed by atoms with Crippen LogP contribution < -0.4 is 10.6 Å². The molecule has 1 atom stereocenters. The number of carbonyl (C=O) groups is 1. The highest BCUT2D eigenvalue weighted by atomic mass is 16.6. The molecule has 5 rings (SSSR count). The highest BCUT2D eigenvalue weighted by Crippen LogP contribution is 2.30. The lowest BCUT2D eigenvalue weighted by atomic mass is 9.95. The van der Waals surface area contributed by atoms with E-state index in [0.29, 0.717) is 19.1 Å². The molecule has 2 aliphatic rings. The zero-order valence-corrected chi connectivity index (χ0v) is 21.5. The molecule has 1 amide bonds. The Hall–Kier alpha value is -3.42. The molecule has 1 aliphatic carbocycles. The summed E-state index contributed by atoms with van der Waals surface area (Å²) < 4.78 is 5.56. The van der Waals surface area contributed by atoms with Gasteiger partial charge in [0.05, 0.1) is 5.69 Å². The lowest BCUT2D eigenvalue weighted by Gasteiger charge is -2.24. The number of rotatable bonds is 5. The maximum absolute atomic E-state index is 12.5. The molecular weight excluding hydrogens is 452 g/mol. The molecule has 8 heteroatoms. The minimum Gasteiger partial charge on any atom is -0.444 e. The highest BCUT2D eigenvalue weighted by Gasteiger charge is 2.30. The first kappa shape index (κ1) is 24.3. The number of nitrogens with one attached hydrogen (secondary N) is 2. The van der Waals surface area contributed by atoms with Crippen LogP contribution in [0, 0.1) is 0 Å². The number of amides is 1. The molecule has 0 spiro atoms. The van der Waals surface area contributed by atoms with E-state index in [1.807, 2.05) is 45.3 Å². The predicted octanol–water partition coefficient (Wildman–Crippen LogP) is 5.86. The highest BCUT2D eigenvalue weighted by molar-refractivity contribution is 5.94. The molecule has 8 nitrogen and oxygen atoms in total. The smallest absolute Gasteiger partial charge is 0.410 e. The monoisotopic (exact) mass is 488 g/mol. The first-order valence-electron chi connectivity index (χ1n) is 13.1. The van der Waals surface area contributed by atoms with Crippen molar-refractivity contribution in [2.24, 2.45) is 0 Å². The number of likely N-dealkylation sites (tertiary alicyclic amines) is 1. The van der Waals surface area contributed by atoms with Crippen LogP contribution in [0.4, 0.5) is 16.4 Å². The van der Waals surface area contributed by atoms with Gasteiger partial charge < -0.3 is 20.3 Å². The quantitative estimate of drug-likeness (QED) is 0.465. The Morgan fingerprint density at radius 2 is 1.86 bits per heavy atom. The Bertz CT molecular complexity index is 1220. The number of ether oxygens (including phenoxy) is 1. The first-order chi connectivity index (χ1) is 17.3. The maximum Gasteiger partial charge on any atom is 0.410 e. The Morgan fingerprint density at radius 1 is 1.03 bits per heavy atom. The summed E-state index contributed by atoms with van der Waals surface area (Å²) in [5.41, 5.74) is 1.38. The van der Waals surface area contributed by atoms with Crippen LogP contribution in [0.5, 0.6) is 0 Å². The van der Waals surface area contributed by atoms with E-state index in [-0.39, 0.29) is 12.1 Å². The minimum atomic E-state index is -0.503. The van der Waals surface area contributed by atoms with Crippen molar-refractivity contribution in [3.8, 4) is 11.3 Å². The van der Waals surface area contributed by atoms with E-state index in [1.54, 1.807) is 11.1 Å². The average molecular weight is 489 g/mol. The van der Waals surface area contributed by atoms with E-state index in [0.717, 1.165) is 40.1 Å². The summed E-state index contributed by atoms with van der Waals surface area (Å²) in [5.74, 6) is 1.70. The fraction of sp³-hybridized carbons (Fsp3) is 0.500. The Morgan fingerprint density at radius 3 is 2.67 bits per heavy atom. The fourth-order valence-corrected chi connectivity index (χ4v) is 5.04. The molecule has 1 saturated carbocycles. The van der Waals surface area contributed by atoms with Gasteiger partial charge in [-0.05, 0) is 64.3 Å². The van der Waals surface area contributed by atoms with Gasteiger partial charge in [-0.3, -0.25) is 4.98 Å². The summed E-state index contributed by atoms with van der Waals surface area (Å²) in [4.78, 5) is 28.2. The van der Waals surface area contributed by atoms with Crippen LogP contribution in [0.2, 0.25) is 0 Å². The van der Waals surface area contributed by atoms with Crippen molar-refractivity contribution in [3.05, 3.63) is 42.9 Å². The van der Waals surface area contributed by atoms with Gasteiger partial charge in [0.15, 0.2) is 0 Å². The van der Waals surface area contributed by atoms with Crippen LogP contribution >= 0.6 is 0 Å². The molecule has 36 heavy (non-hydrogen) atoms. The van der Waals surface area contributed by atoms with Gasteiger partial charge in [-0.1, -0.05) is 19.3 Å². The van der Waals surface area contributed by atoms with Gasteiger partial charge in [0.1, 0.15) is 17.2 Å². The molecule has 0 aromatic carbocycles. The topological polar surface area (TPSA) is 92.3 Å². The van der Waals surface area contributed by atoms with E-state index in [1.165, 1.54) is 32.1 Å². The molecule has 3 aromatic rings. The molecule has 1 aliphatic heterocycles. The standard InChI is InChI=1S/C28H36N6O2/c1-28(2,3)36-27(35)34-14-11-22(18-34)32-26-23-10-12-29-17-20(23)15-24(33-26)19-9-13-30-25(16-19)31-21-7-5-4-6-8-21/h9-10,12-13,15-17,21-22H,4-8,11,14,18H2,1-3H3,(H,30,31)(H,32,33). The predicted molar refractivity (Wildman–Crippen MR) is 143 cm³/mol. The largest absolute Gasteiger partial charge is 0.444 e. The van der Waals surface area contributed by atoms with Gasteiger partial charge in [0.2, 0.25) is 0 Å². The Labute approximate surface area is 212 Å². The number of aromatic nitrogens is 3. The number of hydrogen-bond acceptors (Lipinski definition) is 7. The number of fused-ring (bicyclic) bond motifs is 1. The summed E-state index contributed by atoms with van der Waals surface area (Å²) in [6.07, 6.45) is 12.3. The number of anilines is 2. The van der Waals surface area contributed by atoms with E-state index in [4.69, 9.17) is 9.72 Å². The van der Waals surface area contributed by atoms with Crippen molar-refractivity contribution in [2.75, 3.05) is 23.7 Å². The summed E-state index contributed by atoms with van der Waals surface area (Å²) in [5, 5.41) is 9.25. The lowest BCUT2D eigenvalue weighted by molar-refractivity contribution is 0.0293. The normalized spacial score (nSPS) is 18.9. The van der Waals surface area contributed by atoms with E-state index in [9.17, 15) is 4.79 Å². The van der Waals surface area contributed by atoms with Crippen LogP contribution in [-0.4, -0.2) is 56.7 Å². The number of carbonyl (C=O) groups excluding carboxylic acids is 1. The van der Waals surface area contributed by atoms with Gasteiger partial charge >= 0.3 is 6.09 Å². The molecule has 2 fully saturated rings. The number of nitrogens with zero attached hydrogens (tertiary/aromatic N) is 4. The van der Waals surface area contributed by atoms with Gasteiger partial charge in [0.25, 0.3) is 0 Å². The molecule has 2 N–H and O–H groups in total. The number of hydrogen-bond donors (Lipinski definition) is 2. The zero-order chi connectivity index (χ0) is 25.1. The van der Waals surface area contributed by atoms with Crippen molar-refractivity contribution in [2.45, 2.75) is 77.0 Å². The van der Waals surface area contributed by atoms with Gasteiger partial charge in [-0.15, -0.1) is 0 Å². The molecule has 190 valence electrons. The molecule has 3 aromatic heterocycles. The molecule has 0 bridgehead atoms. The molecule has 1 unspecified atom stereocenters. The first-order valence-corrected chi connectivity index (χ1v) is 13.1. The van der Waals surface area contributed by atoms with Crippen molar-refractivity contribution in [1.82, 2.24) is 19.9 Å². The zero-order valence-electron chi connectivity index (χ0n) is 21.5. The third-order valence-corrected chi connectivity index (χ3v) is 6.83. The van der Waals surface area contributed by atoms with Gasteiger partial charge in [-0.2, -0.15) is 0 Å². The second kappa shape index (κ2) is 10.3. The molecule has 4 heterocycles.